The number of aliphatic hydroxyl groups is 1. The molecule has 0 amide bonds. The van der Waals surface area contributed by atoms with E-state index >= 15 is 0 Å². The van der Waals surface area contributed by atoms with Gasteiger partial charge in [-0.15, -0.1) is 0 Å². The molecule has 0 bridgehead atoms. The number of hydrogen-bond acceptors (Lipinski definition) is 2. The zero-order chi connectivity index (χ0) is 9.68. The van der Waals surface area contributed by atoms with Crippen LogP contribution < -0.4 is 0 Å². The van der Waals surface area contributed by atoms with Crippen LogP contribution in [0.3, 0.4) is 0 Å². The summed E-state index contributed by atoms with van der Waals surface area (Å²) in [6.07, 6.45) is 8.00. The Bertz CT molecular complexity index is 128. The van der Waals surface area contributed by atoms with Crippen LogP contribution in [0.2, 0.25) is 0 Å². The second-order valence-electron chi connectivity index (χ2n) is 4.43. The van der Waals surface area contributed by atoms with Crippen molar-refractivity contribution in [3.63, 3.8) is 0 Å². The predicted octanol–water partition coefficient (Wildman–Crippen LogP) is 2.02. The minimum atomic E-state index is -0.187. The van der Waals surface area contributed by atoms with Crippen molar-refractivity contribution in [2.45, 2.75) is 57.6 Å². The molecule has 78 valence electrons. The monoisotopic (exact) mass is 185 g/mol. The van der Waals surface area contributed by atoms with Gasteiger partial charge in [0.2, 0.25) is 0 Å². The molecule has 1 atom stereocenters. The fourth-order valence-corrected chi connectivity index (χ4v) is 2.26. The third-order valence-electron chi connectivity index (χ3n) is 3.00. The molecule has 2 heteroatoms. The lowest BCUT2D eigenvalue weighted by molar-refractivity contribution is 0.111. The summed E-state index contributed by atoms with van der Waals surface area (Å²) in [5.74, 6) is 0. The van der Waals surface area contributed by atoms with E-state index in [2.05, 4.69) is 11.9 Å². The zero-order valence-corrected chi connectivity index (χ0v) is 9.00. The first-order chi connectivity index (χ1) is 6.20. The standard InChI is InChI=1S/C11H23NO/c1-10(13)9-12(2)11-7-5-3-4-6-8-11/h10-11,13H,3-9H2,1-2H3. The van der Waals surface area contributed by atoms with E-state index in [9.17, 15) is 5.11 Å². The van der Waals surface area contributed by atoms with Gasteiger partial charge in [-0.25, -0.2) is 0 Å². The van der Waals surface area contributed by atoms with E-state index in [0.717, 1.165) is 12.6 Å². The topological polar surface area (TPSA) is 23.5 Å². The molecule has 0 spiro atoms. The maximum atomic E-state index is 9.28. The van der Waals surface area contributed by atoms with Gasteiger partial charge >= 0.3 is 0 Å². The van der Waals surface area contributed by atoms with Gasteiger partial charge in [-0.2, -0.15) is 0 Å². The van der Waals surface area contributed by atoms with Crippen molar-refractivity contribution in [1.29, 1.82) is 0 Å². The second kappa shape index (κ2) is 5.61. The van der Waals surface area contributed by atoms with Gasteiger partial charge in [-0.3, -0.25) is 0 Å². The van der Waals surface area contributed by atoms with Crippen LogP contribution >= 0.6 is 0 Å². The molecular formula is C11H23NO. The molecule has 0 aromatic carbocycles. The maximum Gasteiger partial charge on any atom is 0.0639 e. The summed E-state index contributed by atoms with van der Waals surface area (Å²) < 4.78 is 0. The maximum absolute atomic E-state index is 9.28. The molecule has 1 aliphatic carbocycles. The van der Waals surface area contributed by atoms with Gasteiger partial charge in [0.1, 0.15) is 0 Å². The van der Waals surface area contributed by atoms with E-state index in [1.54, 1.807) is 0 Å². The summed E-state index contributed by atoms with van der Waals surface area (Å²) in [6.45, 7) is 2.69. The summed E-state index contributed by atoms with van der Waals surface area (Å²) in [5.41, 5.74) is 0. The van der Waals surface area contributed by atoms with Crippen LogP contribution in [0.5, 0.6) is 0 Å². The Kier molecular flexibility index (Phi) is 4.74. The van der Waals surface area contributed by atoms with E-state index in [-0.39, 0.29) is 6.10 Å². The van der Waals surface area contributed by atoms with Crippen molar-refractivity contribution in [1.82, 2.24) is 4.90 Å². The highest BCUT2D eigenvalue weighted by atomic mass is 16.3. The lowest BCUT2D eigenvalue weighted by Gasteiger charge is -2.27. The molecule has 1 aliphatic rings. The molecule has 1 N–H and O–H groups in total. The van der Waals surface area contributed by atoms with E-state index in [1.807, 2.05) is 6.92 Å². The van der Waals surface area contributed by atoms with Gasteiger partial charge in [-0.1, -0.05) is 25.7 Å². The molecule has 0 heterocycles. The molecule has 1 unspecified atom stereocenters. The second-order valence-corrected chi connectivity index (χ2v) is 4.43. The largest absolute Gasteiger partial charge is 0.392 e. The van der Waals surface area contributed by atoms with Gasteiger partial charge in [0.05, 0.1) is 6.10 Å². The van der Waals surface area contributed by atoms with Crippen molar-refractivity contribution in [2.75, 3.05) is 13.6 Å². The highest BCUT2D eigenvalue weighted by Gasteiger charge is 2.17. The van der Waals surface area contributed by atoms with Crippen LogP contribution in [0.15, 0.2) is 0 Å². The molecule has 0 radical (unpaired) electrons. The zero-order valence-electron chi connectivity index (χ0n) is 9.00. The average Bonchev–Trinajstić information content (AvgIpc) is 2.29. The van der Waals surface area contributed by atoms with Crippen molar-refractivity contribution >= 4 is 0 Å². The molecule has 1 saturated carbocycles. The highest BCUT2D eigenvalue weighted by Crippen LogP contribution is 2.20. The SMILES string of the molecule is CC(O)CN(C)C1CCCCCC1. The number of nitrogens with zero attached hydrogens (tertiary/aromatic N) is 1. The minimum absolute atomic E-state index is 0.187. The lowest BCUT2D eigenvalue weighted by atomic mass is 10.1. The smallest absolute Gasteiger partial charge is 0.0639 e. The first-order valence-electron chi connectivity index (χ1n) is 5.58. The number of aliphatic hydroxyl groups excluding tert-OH is 1. The molecule has 0 aromatic rings. The van der Waals surface area contributed by atoms with Gasteiger partial charge in [-0.05, 0) is 26.8 Å². The molecule has 2 nitrogen and oxygen atoms in total. The van der Waals surface area contributed by atoms with Crippen LogP contribution in [0.4, 0.5) is 0 Å². The fraction of sp³-hybridized carbons (Fsp3) is 1.00. The van der Waals surface area contributed by atoms with Gasteiger partial charge in [0.15, 0.2) is 0 Å². The van der Waals surface area contributed by atoms with Crippen LogP contribution in [-0.4, -0.2) is 35.7 Å². The molecule has 13 heavy (non-hydrogen) atoms. The summed E-state index contributed by atoms with van der Waals surface area (Å²) >= 11 is 0. The van der Waals surface area contributed by atoms with Crippen molar-refractivity contribution in [3.8, 4) is 0 Å². The highest BCUT2D eigenvalue weighted by molar-refractivity contribution is 4.73. The van der Waals surface area contributed by atoms with Gasteiger partial charge in [0.25, 0.3) is 0 Å². The van der Waals surface area contributed by atoms with E-state index in [1.165, 1.54) is 38.5 Å². The molecule has 0 aromatic heterocycles. The first-order valence-corrected chi connectivity index (χ1v) is 5.58. The van der Waals surface area contributed by atoms with E-state index < -0.39 is 0 Å². The Morgan fingerprint density at radius 3 is 2.23 bits per heavy atom. The fourth-order valence-electron chi connectivity index (χ4n) is 2.26. The summed E-state index contributed by atoms with van der Waals surface area (Å²) in [7, 11) is 2.14. The molecule has 0 aliphatic heterocycles. The Hall–Kier alpha value is -0.0800. The Morgan fingerprint density at radius 2 is 1.77 bits per heavy atom. The summed E-state index contributed by atoms with van der Waals surface area (Å²) in [5, 5.41) is 9.28. The normalized spacial score (nSPS) is 23.1. The average molecular weight is 185 g/mol. The van der Waals surface area contributed by atoms with Crippen molar-refractivity contribution in [2.24, 2.45) is 0 Å². The summed E-state index contributed by atoms with van der Waals surface area (Å²) in [6, 6.07) is 0.720. The Balaban J connectivity index is 2.30. The molecule has 1 rings (SSSR count). The van der Waals surface area contributed by atoms with Gasteiger partial charge in [0, 0.05) is 12.6 Å². The van der Waals surface area contributed by atoms with Crippen LogP contribution in [-0.2, 0) is 0 Å². The molecular weight excluding hydrogens is 162 g/mol. The van der Waals surface area contributed by atoms with Crippen LogP contribution in [0, 0.1) is 0 Å². The predicted molar refractivity (Wildman–Crippen MR) is 55.8 cm³/mol. The first kappa shape index (κ1) is 11.0. The Morgan fingerprint density at radius 1 is 1.23 bits per heavy atom. The van der Waals surface area contributed by atoms with E-state index in [0.29, 0.717) is 0 Å². The van der Waals surface area contributed by atoms with Crippen molar-refractivity contribution < 1.29 is 5.11 Å². The minimum Gasteiger partial charge on any atom is -0.392 e. The lowest BCUT2D eigenvalue weighted by Crippen LogP contribution is -2.36. The molecule has 1 fully saturated rings. The van der Waals surface area contributed by atoms with Crippen LogP contribution in [0.25, 0.3) is 0 Å². The number of hydrogen-bond donors (Lipinski definition) is 1. The summed E-state index contributed by atoms with van der Waals surface area (Å²) in [4.78, 5) is 2.33. The molecule has 0 saturated heterocycles. The van der Waals surface area contributed by atoms with Gasteiger partial charge < -0.3 is 10.0 Å². The quantitative estimate of drug-likeness (QED) is 0.680. The third-order valence-corrected chi connectivity index (χ3v) is 3.00. The Labute approximate surface area is 81.9 Å². The number of likely N-dealkylation sites (N-methyl/N-ethyl adjacent to an activating group) is 1. The van der Waals surface area contributed by atoms with Crippen molar-refractivity contribution in [3.05, 3.63) is 0 Å². The number of rotatable bonds is 3. The van der Waals surface area contributed by atoms with Crippen LogP contribution in [0.1, 0.15) is 45.4 Å². The third kappa shape index (κ3) is 4.10. The van der Waals surface area contributed by atoms with E-state index in [4.69, 9.17) is 0 Å².